The number of aromatic hydroxyl groups is 1. The number of aryl methyl sites for hydroxylation is 1. The summed E-state index contributed by atoms with van der Waals surface area (Å²) in [5.74, 6) is -0.207. The Balaban J connectivity index is 1.63. The summed E-state index contributed by atoms with van der Waals surface area (Å²) in [7, 11) is 0. The van der Waals surface area contributed by atoms with Gasteiger partial charge in [-0.1, -0.05) is 12.1 Å². The molecule has 2 N–H and O–H groups in total. The zero-order valence-corrected chi connectivity index (χ0v) is 14.2. The fourth-order valence-corrected chi connectivity index (χ4v) is 3.50. The number of hydrogen-bond acceptors (Lipinski definition) is 2. The van der Waals surface area contributed by atoms with Crippen LogP contribution in [0.1, 0.15) is 29.9 Å². The summed E-state index contributed by atoms with van der Waals surface area (Å²) in [5, 5.41) is 12.8. The van der Waals surface area contributed by atoms with Crippen LogP contribution in [0.4, 0.5) is 10.1 Å². The van der Waals surface area contributed by atoms with E-state index in [1.165, 1.54) is 12.1 Å². The molecule has 0 radical (unpaired) electrons. The highest BCUT2D eigenvalue weighted by atomic mass is 79.9. The van der Waals surface area contributed by atoms with Gasteiger partial charge in [0.2, 0.25) is 5.91 Å². The molecule has 5 heteroatoms. The largest absolute Gasteiger partial charge is 0.505 e. The highest BCUT2D eigenvalue weighted by Gasteiger charge is 2.35. The summed E-state index contributed by atoms with van der Waals surface area (Å²) in [6.07, 6.45) is 1.39. The Hall–Kier alpha value is -1.88. The molecule has 3 nitrogen and oxygen atoms in total. The lowest BCUT2D eigenvalue weighted by Crippen LogP contribution is -2.33. The maximum atomic E-state index is 13.2. The van der Waals surface area contributed by atoms with E-state index < -0.39 is 0 Å². The van der Waals surface area contributed by atoms with Crippen molar-refractivity contribution in [3.63, 3.8) is 0 Å². The first kappa shape index (κ1) is 16.0. The van der Waals surface area contributed by atoms with Crippen LogP contribution < -0.4 is 5.32 Å². The third kappa shape index (κ3) is 3.39. The summed E-state index contributed by atoms with van der Waals surface area (Å²) < 4.78 is 13.8. The highest BCUT2D eigenvalue weighted by molar-refractivity contribution is 9.10. The Morgan fingerprint density at radius 1 is 1.30 bits per heavy atom. The second-order valence-corrected chi connectivity index (χ2v) is 6.91. The van der Waals surface area contributed by atoms with Crippen molar-refractivity contribution in [1.29, 1.82) is 0 Å². The van der Waals surface area contributed by atoms with E-state index in [4.69, 9.17) is 0 Å². The van der Waals surface area contributed by atoms with Crippen molar-refractivity contribution >= 4 is 27.5 Å². The molecule has 2 aromatic carbocycles. The molecule has 1 fully saturated rings. The Morgan fingerprint density at radius 2 is 2.04 bits per heavy atom. The van der Waals surface area contributed by atoms with Crippen molar-refractivity contribution in [3.8, 4) is 5.75 Å². The predicted molar refractivity (Wildman–Crippen MR) is 91.0 cm³/mol. The number of hydrogen-bond donors (Lipinski definition) is 2. The predicted octanol–water partition coefficient (Wildman–Crippen LogP) is 4.73. The van der Waals surface area contributed by atoms with Gasteiger partial charge in [0, 0.05) is 5.92 Å². The molecule has 120 valence electrons. The third-order valence-electron chi connectivity index (χ3n) is 4.29. The monoisotopic (exact) mass is 377 g/mol. The van der Waals surface area contributed by atoms with Crippen molar-refractivity contribution in [2.24, 2.45) is 5.92 Å². The van der Waals surface area contributed by atoms with Crippen LogP contribution in [-0.2, 0) is 4.79 Å². The number of benzene rings is 2. The van der Waals surface area contributed by atoms with Gasteiger partial charge in [0.15, 0.2) is 5.75 Å². The van der Waals surface area contributed by atoms with E-state index in [9.17, 15) is 14.3 Å². The number of carbonyl (C=O) groups excluding carboxylic acids is 1. The minimum atomic E-state index is -0.245. The number of nitrogens with one attached hydrogen (secondary N) is 1. The van der Waals surface area contributed by atoms with E-state index in [1.807, 2.05) is 13.0 Å². The summed E-state index contributed by atoms with van der Waals surface area (Å²) in [6, 6.07) is 10.1. The molecule has 0 atom stereocenters. The molecule has 1 amide bonds. The number of phenolic OH excluding ortho intramolecular Hbond substituents is 1. The van der Waals surface area contributed by atoms with Gasteiger partial charge in [0.05, 0.1) is 10.2 Å². The lowest BCUT2D eigenvalue weighted by molar-refractivity contribution is -0.122. The number of anilines is 1. The summed E-state index contributed by atoms with van der Waals surface area (Å²) in [5.41, 5.74) is 2.29. The van der Waals surface area contributed by atoms with E-state index in [1.54, 1.807) is 18.2 Å². The van der Waals surface area contributed by atoms with Crippen LogP contribution >= 0.6 is 15.9 Å². The number of amides is 1. The molecular formula is C18H17BrFNO2. The molecule has 3 rings (SSSR count). The van der Waals surface area contributed by atoms with Gasteiger partial charge in [0.1, 0.15) is 5.82 Å². The van der Waals surface area contributed by atoms with Crippen LogP contribution in [-0.4, -0.2) is 11.0 Å². The van der Waals surface area contributed by atoms with Crippen molar-refractivity contribution < 1.29 is 14.3 Å². The molecule has 0 bridgehead atoms. The lowest BCUT2D eigenvalue weighted by Gasteiger charge is -2.34. The Labute approximate surface area is 142 Å². The van der Waals surface area contributed by atoms with Crippen LogP contribution in [0.3, 0.4) is 0 Å². The molecule has 1 aliphatic carbocycles. The molecule has 0 saturated heterocycles. The summed E-state index contributed by atoms with van der Waals surface area (Å²) >= 11 is 3.26. The third-order valence-corrected chi connectivity index (χ3v) is 4.90. The molecule has 0 unspecified atom stereocenters. The molecule has 23 heavy (non-hydrogen) atoms. The van der Waals surface area contributed by atoms with E-state index in [2.05, 4.69) is 21.2 Å². The van der Waals surface area contributed by atoms with E-state index in [-0.39, 0.29) is 29.3 Å². The average Bonchev–Trinajstić information content (AvgIpc) is 2.42. The second-order valence-electron chi connectivity index (χ2n) is 6.05. The fraction of sp³-hybridized carbons (Fsp3) is 0.278. The average molecular weight is 378 g/mol. The molecule has 2 aromatic rings. The molecule has 0 aromatic heterocycles. The van der Waals surface area contributed by atoms with E-state index in [0.29, 0.717) is 23.0 Å². The van der Waals surface area contributed by atoms with Crippen LogP contribution in [0.2, 0.25) is 0 Å². The zero-order valence-electron chi connectivity index (χ0n) is 12.6. The number of halogens is 2. The van der Waals surface area contributed by atoms with Gasteiger partial charge < -0.3 is 10.4 Å². The van der Waals surface area contributed by atoms with Gasteiger partial charge in [-0.15, -0.1) is 0 Å². The second kappa shape index (κ2) is 6.32. The standard InChI is InChI=1S/C18H17BrFNO2/c1-10-5-15(19)17(22)16(6-10)21-18(23)13-7-12(8-13)11-3-2-4-14(20)9-11/h2-6,9,12-13,22H,7-8H2,1H3,(H,21,23). The van der Waals surface area contributed by atoms with E-state index >= 15 is 0 Å². The molecule has 1 aliphatic rings. The molecule has 0 spiro atoms. The first-order chi connectivity index (χ1) is 10.9. The topological polar surface area (TPSA) is 49.3 Å². The molecule has 1 saturated carbocycles. The quantitative estimate of drug-likeness (QED) is 0.759. The van der Waals surface area contributed by atoms with Crippen molar-refractivity contribution in [3.05, 3.63) is 57.8 Å². The maximum absolute atomic E-state index is 13.2. The highest BCUT2D eigenvalue weighted by Crippen LogP contribution is 2.43. The molecule has 0 aliphatic heterocycles. The van der Waals surface area contributed by atoms with Gasteiger partial charge in [-0.2, -0.15) is 0 Å². The first-order valence-electron chi connectivity index (χ1n) is 7.49. The van der Waals surface area contributed by atoms with Gasteiger partial charge in [-0.3, -0.25) is 4.79 Å². The smallest absolute Gasteiger partial charge is 0.227 e. The molecular weight excluding hydrogens is 361 g/mol. The van der Waals surface area contributed by atoms with Crippen LogP contribution in [0, 0.1) is 18.7 Å². The normalized spacial score (nSPS) is 20.0. The van der Waals surface area contributed by atoms with Crippen molar-refractivity contribution in [2.45, 2.75) is 25.7 Å². The van der Waals surface area contributed by atoms with E-state index in [0.717, 1.165) is 11.1 Å². The Morgan fingerprint density at radius 3 is 2.74 bits per heavy atom. The van der Waals surface area contributed by atoms with Gasteiger partial charge in [0.25, 0.3) is 0 Å². The SMILES string of the molecule is Cc1cc(Br)c(O)c(NC(=O)C2CC(c3cccc(F)c3)C2)c1. The minimum Gasteiger partial charge on any atom is -0.505 e. The van der Waals surface area contributed by atoms with Crippen LogP contribution in [0.25, 0.3) is 0 Å². The summed E-state index contributed by atoms with van der Waals surface area (Å²) in [6.45, 7) is 1.89. The minimum absolute atomic E-state index is 0.0324. The lowest BCUT2D eigenvalue weighted by atomic mass is 9.71. The van der Waals surface area contributed by atoms with Gasteiger partial charge in [-0.05, 0) is 77.0 Å². The number of rotatable bonds is 3. The Bertz CT molecular complexity index is 757. The van der Waals surface area contributed by atoms with Crippen molar-refractivity contribution in [1.82, 2.24) is 0 Å². The summed E-state index contributed by atoms with van der Waals surface area (Å²) in [4.78, 5) is 12.3. The molecule has 0 heterocycles. The number of phenols is 1. The van der Waals surface area contributed by atoms with Gasteiger partial charge >= 0.3 is 0 Å². The Kier molecular flexibility index (Phi) is 4.39. The zero-order chi connectivity index (χ0) is 16.6. The fourth-order valence-electron chi connectivity index (χ4n) is 2.93. The van der Waals surface area contributed by atoms with Crippen LogP contribution in [0.5, 0.6) is 5.75 Å². The van der Waals surface area contributed by atoms with Crippen molar-refractivity contribution in [2.75, 3.05) is 5.32 Å². The van der Waals surface area contributed by atoms with Gasteiger partial charge in [-0.25, -0.2) is 4.39 Å². The first-order valence-corrected chi connectivity index (χ1v) is 8.29. The maximum Gasteiger partial charge on any atom is 0.227 e. The van der Waals surface area contributed by atoms with Crippen LogP contribution in [0.15, 0.2) is 40.9 Å². The number of carbonyl (C=O) groups is 1.